The monoisotopic (exact) mass is 448 g/mol. The van der Waals surface area contributed by atoms with E-state index in [-0.39, 0.29) is 30.0 Å². The first-order valence-corrected chi connectivity index (χ1v) is 11.3. The summed E-state index contributed by atoms with van der Waals surface area (Å²) in [7, 11) is 1.57. The molecule has 6 heteroatoms. The topological polar surface area (TPSA) is 86.7 Å². The minimum Gasteiger partial charge on any atom is -0.478 e. The minimum absolute atomic E-state index is 0.0698. The number of carbonyl (C=O) groups is 3. The predicted octanol–water partition coefficient (Wildman–Crippen LogP) is 5.25. The standard InChI is InChI=1S/C13H22N2O4.C9H12.C4H10/c1-5-6-11(16)14-8-12(17)15(4)10(3)7-9(2)13(18)19;1-8(2)9-6-4-3-5-7-9;1-4(2)3/h7,10H,5-6,8H2,1-4H3,(H,14,16)(H,18,19);3-8H,1-2H3;4H,1-3H3/b9-7+;;/t10-;;/m0../s1. The molecule has 0 unspecified atom stereocenters. The molecule has 0 spiro atoms. The number of hydrogen-bond donors (Lipinski definition) is 2. The van der Waals surface area contributed by atoms with Crippen LogP contribution in [0.5, 0.6) is 0 Å². The molecular weight excluding hydrogens is 404 g/mol. The zero-order valence-electron chi connectivity index (χ0n) is 21.4. The van der Waals surface area contributed by atoms with Gasteiger partial charge >= 0.3 is 5.97 Å². The van der Waals surface area contributed by atoms with Crippen molar-refractivity contribution in [2.24, 2.45) is 5.92 Å². The Hall–Kier alpha value is -2.63. The number of nitrogens with one attached hydrogen (secondary N) is 1. The molecule has 1 rings (SSSR count). The lowest BCUT2D eigenvalue weighted by atomic mass is 10.0. The molecular formula is C26H44N2O4. The number of likely N-dealkylation sites (N-methyl/N-ethyl adjacent to an activating group) is 1. The Balaban J connectivity index is 0. The van der Waals surface area contributed by atoms with E-state index in [4.69, 9.17) is 5.11 Å². The molecule has 1 atom stereocenters. The Morgan fingerprint density at radius 1 is 1.03 bits per heavy atom. The number of nitrogens with zero attached hydrogens (tertiary/aromatic N) is 1. The molecule has 0 saturated carbocycles. The second-order valence-corrected chi connectivity index (χ2v) is 8.72. The van der Waals surface area contributed by atoms with E-state index in [9.17, 15) is 14.4 Å². The molecule has 0 radical (unpaired) electrons. The Morgan fingerprint density at radius 3 is 1.91 bits per heavy atom. The number of rotatable bonds is 8. The number of amides is 2. The summed E-state index contributed by atoms with van der Waals surface area (Å²) in [5, 5.41) is 11.3. The van der Waals surface area contributed by atoms with E-state index in [1.165, 1.54) is 23.5 Å². The number of aliphatic carboxylic acids is 1. The van der Waals surface area contributed by atoms with E-state index in [2.05, 4.69) is 64.2 Å². The molecule has 0 fully saturated rings. The zero-order chi connectivity index (χ0) is 25.3. The molecule has 0 heterocycles. The van der Waals surface area contributed by atoms with Crippen LogP contribution in [0.2, 0.25) is 0 Å². The van der Waals surface area contributed by atoms with Gasteiger partial charge in [-0.3, -0.25) is 9.59 Å². The highest BCUT2D eigenvalue weighted by Gasteiger charge is 2.15. The van der Waals surface area contributed by atoms with Gasteiger partial charge in [-0.15, -0.1) is 0 Å². The highest BCUT2D eigenvalue weighted by atomic mass is 16.4. The molecule has 1 aromatic carbocycles. The number of carboxylic acid groups (broad SMARTS) is 1. The van der Waals surface area contributed by atoms with Gasteiger partial charge in [0, 0.05) is 25.1 Å². The summed E-state index contributed by atoms with van der Waals surface area (Å²) in [4.78, 5) is 35.1. The maximum atomic E-state index is 11.8. The average Bonchev–Trinajstić information content (AvgIpc) is 2.72. The summed E-state index contributed by atoms with van der Waals surface area (Å²) in [6, 6.07) is 10.2. The van der Waals surface area contributed by atoms with Gasteiger partial charge < -0.3 is 15.3 Å². The van der Waals surface area contributed by atoms with Gasteiger partial charge in [-0.1, -0.05) is 78.0 Å². The second-order valence-electron chi connectivity index (χ2n) is 8.72. The van der Waals surface area contributed by atoms with Crippen molar-refractivity contribution in [1.29, 1.82) is 0 Å². The van der Waals surface area contributed by atoms with Crippen molar-refractivity contribution in [3.8, 4) is 0 Å². The summed E-state index contributed by atoms with van der Waals surface area (Å²) in [6.45, 7) is 15.9. The maximum absolute atomic E-state index is 11.8. The van der Waals surface area contributed by atoms with Gasteiger partial charge in [0.15, 0.2) is 0 Å². The SMILES string of the molecule is CC(C)C.CC(C)c1ccccc1.CCCC(=O)NCC(=O)N(C)[C@@H](C)/C=C(\C)C(=O)O. The molecule has 182 valence electrons. The third kappa shape index (κ3) is 17.1. The van der Waals surface area contributed by atoms with Crippen molar-refractivity contribution < 1.29 is 19.5 Å². The lowest BCUT2D eigenvalue weighted by molar-refractivity contribution is -0.133. The largest absolute Gasteiger partial charge is 0.478 e. The van der Waals surface area contributed by atoms with Crippen molar-refractivity contribution in [3.63, 3.8) is 0 Å². The highest BCUT2D eigenvalue weighted by molar-refractivity contribution is 5.87. The van der Waals surface area contributed by atoms with Crippen LogP contribution in [-0.2, 0) is 14.4 Å². The summed E-state index contributed by atoms with van der Waals surface area (Å²) in [5.41, 5.74) is 1.60. The predicted molar refractivity (Wildman–Crippen MR) is 133 cm³/mol. The van der Waals surface area contributed by atoms with Crippen molar-refractivity contribution in [3.05, 3.63) is 47.5 Å². The summed E-state index contributed by atoms with van der Waals surface area (Å²) < 4.78 is 0. The maximum Gasteiger partial charge on any atom is 0.331 e. The van der Waals surface area contributed by atoms with Crippen molar-refractivity contribution in [2.45, 2.75) is 80.2 Å². The van der Waals surface area contributed by atoms with Crippen molar-refractivity contribution >= 4 is 17.8 Å². The van der Waals surface area contributed by atoms with E-state index in [1.807, 2.05) is 13.0 Å². The number of hydrogen-bond acceptors (Lipinski definition) is 3. The first kappa shape index (κ1) is 31.6. The quantitative estimate of drug-likeness (QED) is 0.532. The lowest BCUT2D eigenvalue weighted by Crippen LogP contribution is -2.41. The van der Waals surface area contributed by atoms with E-state index in [0.29, 0.717) is 12.3 Å². The molecule has 1 aromatic rings. The normalized spacial score (nSPS) is 11.5. The number of benzene rings is 1. The number of carbonyl (C=O) groups excluding carboxylic acids is 2. The minimum atomic E-state index is -1.01. The third-order valence-corrected chi connectivity index (χ3v) is 4.21. The van der Waals surface area contributed by atoms with Gasteiger partial charge in [0.25, 0.3) is 0 Å². The van der Waals surface area contributed by atoms with E-state index in [1.54, 1.807) is 14.0 Å². The lowest BCUT2D eigenvalue weighted by Gasteiger charge is -2.23. The molecule has 0 bridgehead atoms. The molecule has 0 aliphatic carbocycles. The molecule has 2 amide bonds. The summed E-state index contributed by atoms with van der Waals surface area (Å²) in [6.07, 6.45) is 2.62. The first-order chi connectivity index (χ1) is 14.8. The first-order valence-electron chi connectivity index (χ1n) is 11.3. The highest BCUT2D eigenvalue weighted by Crippen LogP contribution is 2.11. The van der Waals surface area contributed by atoms with Gasteiger partial charge in [0.1, 0.15) is 0 Å². The molecule has 2 N–H and O–H groups in total. The Kier molecular flexibility index (Phi) is 17.7. The van der Waals surface area contributed by atoms with Gasteiger partial charge in [0.2, 0.25) is 11.8 Å². The Labute approximate surface area is 195 Å². The Morgan fingerprint density at radius 2 is 1.53 bits per heavy atom. The van der Waals surface area contributed by atoms with Crippen LogP contribution in [0.1, 0.15) is 79.7 Å². The fourth-order valence-electron chi connectivity index (χ4n) is 2.22. The second kappa shape index (κ2) is 18.0. The molecule has 6 nitrogen and oxygen atoms in total. The van der Waals surface area contributed by atoms with Crippen molar-refractivity contribution in [2.75, 3.05) is 13.6 Å². The zero-order valence-corrected chi connectivity index (χ0v) is 21.4. The van der Waals surface area contributed by atoms with Crippen LogP contribution in [0.3, 0.4) is 0 Å². The van der Waals surface area contributed by atoms with E-state index < -0.39 is 5.97 Å². The molecule has 0 saturated heterocycles. The van der Waals surface area contributed by atoms with Crippen molar-refractivity contribution in [1.82, 2.24) is 10.2 Å². The smallest absolute Gasteiger partial charge is 0.331 e. The molecule has 0 aliphatic heterocycles. The summed E-state index contributed by atoms with van der Waals surface area (Å²) >= 11 is 0. The van der Waals surface area contributed by atoms with Crippen LogP contribution in [-0.4, -0.2) is 47.4 Å². The molecule has 0 aromatic heterocycles. The van der Waals surface area contributed by atoms with Gasteiger partial charge in [-0.25, -0.2) is 4.79 Å². The van der Waals surface area contributed by atoms with Crippen LogP contribution in [0.25, 0.3) is 0 Å². The van der Waals surface area contributed by atoms with Crippen LogP contribution in [0, 0.1) is 5.92 Å². The molecule has 0 aliphatic rings. The van der Waals surface area contributed by atoms with E-state index in [0.717, 1.165) is 12.3 Å². The number of carboxylic acids is 1. The van der Waals surface area contributed by atoms with Gasteiger partial charge in [0.05, 0.1) is 6.54 Å². The van der Waals surface area contributed by atoms with Gasteiger partial charge in [-0.05, 0) is 37.7 Å². The average molecular weight is 449 g/mol. The van der Waals surface area contributed by atoms with Gasteiger partial charge in [-0.2, -0.15) is 0 Å². The fraction of sp³-hybridized carbons (Fsp3) is 0.577. The third-order valence-electron chi connectivity index (χ3n) is 4.21. The van der Waals surface area contributed by atoms with Crippen LogP contribution in [0.4, 0.5) is 0 Å². The summed E-state index contributed by atoms with van der Waals surface area (Å²) in [5.74, 6) is 0.0655. The molecule has 32 heavy (non-hydrogen) atoms. The Bertz CT molecular complexity index is 694. The van der Waals surface area contributed by atoms with E-state index >= 15 is 0 Å². The fourth-order valence-corrected chi connectivity index (χ4v) is 2.22. The van der Waals surface area contributed by atoms with Crippen LogP contribution < -0.4 is 5.32 Å². The van der Waals surface area contributed by atoms with Crippen LogP contribution >= 0.6 is 0 Å². The van der Waals surface area contributed by atoms with Crippen LogP contribution in [0.15, 0.2) is 42.0 Å².